The van der Waals surface area contributed by atoms with Crippen LogP contribution in [0.15, 0.2) is 18.5 Å². The summed E-state index contributed by atoms with van der Waals surface area (Å²) < 4.78 is 22.3. The first-order valence-electron chi connectivity index (χ1n) is 5.96. The summed E-state index contributed by atoms with van der Waals surface area (Å²) >= 11 is 0. The van der Waals surface area contributed by atoms with E-state index in [2.05, 4.69) is 10.3 Å². The van der Waals surface area contributed by atoms with E-state index in [1.165, 1.54) is 6.26 Å². The maximum absolute atomic E-state index is 11.2. The Kier molecular flexibility index (Phi) is 5.55. The Hall–Kier alpha value is -1.14. The standard InChI is InChI=1S/C12H21N3O2S/c1-4-13-9-11-5-6-14-10-12(11)15(2)7-8-18(3,16)17/h5-6,10,13H,4,7-9H2,1-3H3. The highest BCUT2D eigenvalue weighted by atomic mass is 32.2. The Bertz CT molecular complexity index is 474. The first-order chi connectivity index (χ1) is 8.44. The predicted octanol–water partition coefficient (Wildman–Crippen LogP) is 0.672. The van der Waals surface area contributed by atoms with Gasteiger partial charge in [-0.2, -0.15) is 0 Å². The van der Waals surface area contributed by atoms with E-state index in [0.29, 0.717) is 6.54 Å². The van der Waals surface area contributed by atoms with Gasteiger partial charge in [0.2, 0.25) is 0 Å². The normalized spacial score (nSPS) is 11.5. The summed E-state index contributed by atoms with van der Waals surface area (Å²) in [5.41, 5.74) is 2.10. The molecule has 0 aliphatic heterocycles. The monoisotopic (exact) mass is 271 g/mol. The number of anilines is 1. The fourth-order valence-electron chi connectivity index (χ4n) is 1.59. The van der Waals surface area contributed by atoms with Gasteiger partial charge in [-0.25, -0.2) is 8.42 Å². The maximum Gasteiger partial charge on any atom is 0.149 e. The van der Waals surface area contributed by atoms with E-state index < -0.39 is 9.84 Å². The van der Waals surface area contributed by atoms with Crippen molar-refractivity contribution in [1.29, 1.82) is 0 Å². The van der Waals surface area contributed by atoms with Gasteiger partial charge in [0.15, 0.2) is 0 Å². The summed E-state index contributed by atoms with van der Waals surface area (Å²) in [6, 6.07) is 1.95. The number of pyridine rings is 1. The molecule has 18 heavy (non-hydrogen) atoms. The highest BCUT2D eigenvalue weighted by Crippen LogP contribution is 2.17. The van der Waals surface area contributed by atoms with Crippen LogP contribution in [0.25, 0.3) is 0 Å². The lowest BCUT2D eigenvalue weighted by molar-refractivity contribution is 0.601. The minimum atomic E-state index is -2.93. The molecule has 0 amide bonds. The van der Waals surface area contributed by atoms with Gasteiger partial charge in [0.1, 0.15) is 9.84 Å². The van der Waals surface area contributed by atoms with Crippen molar-refractivity contribution in [3.8, 4) is 0 Å². The minimum absolute atomic E-state index is 0.152. The zero-order valence-corrected chi connectivity index (χ0v) is 12.0. The Morgan fingerprint density at radius 1 is 1.44 bits per heavy atom. The zero-order chi connectivity index (χ0) is 13.6. The molecule has 0 saturated heterocycles. The molecule has 0 aromatic carbocycles. The summed E-state index contributed by atoms with van der Waals surface area (Å²) in [5, 5.41) is 3.26. The van der Waals surface area contributed by atoms with Gasteiger partial charge in [-0.3, -0.25) is 4.98 Å². The lowest BCUT2D eigenvalue weighted by atomic mass is 10.2. The van der Waals surface area contributed by atoms with E-state index in [-0.39, 0.29) is 5.75 Å². The topological polar surface area (TPSA) is 62.3 Å². The van der Waals surface area contributed by atoms with Gasteiger partial charge < -0.3 is 10.2 Å². The van der Waals surface area contributed by atoms with Crippen LogP contribution in [0.5, 0.6) is 0 Å². The van der Waals surface area contributed by atoms with Crippen molar-refractivity contribution in [2.24, 2.45) is 0 Å². The number of nitrogens with one attached hydrogen (secondary N) is 1. The second kappa shape index (κ2) is 6.70. The smallest absolute Gasteiger partial charge is 0.149 e. The average molecular weight is 271 g/mol. The molecule has 1 N–H and O–H groups in total. The first-order valence-corrected chi connectivity index (χ1v) is 8.02. The van der Waals surface area contributed by atoms with Crippen molar-refractivity contribution in [3.05, 3.63) is 24.0 Å². The van der Waals surface area contributed by atoms with E-state index in [1.54, 1.807) is 12.4 Å². The number of hydrogen-bond donors (Lipinski definition) is 1. The van der Waals surface area contributed by atoms with E-state index in [1.807, 2.05) is 24.9 Å². The first kappa shape index (κ1) is 14.9. The van der Waals surface area contributed by atoms with Crippen LogP contribution in [-0.2, 0) is 16.4 Å². The van der Waals surface area contributed by atoms with Crippen LogP contribution < -0.4 is 10.2 Å². The fraction of sp³-hybridized carbons (Fsp3) is 0.583. The van der Waals surface area contributed by atoms with Crippen LogP contribution >= 0.6 is 0 Å². The molecule has 0 radical (unpaired) electrons. The zero-order valence-electron chi connectivity index (χ0n) is 11.2. The molecule has 0 saturated carbocycles. The summed E-state index contributed by atoms with van der Waals surface area (Å²) in [5.74, 6) is 0.152. The van der Waals surface area contributed by atoms with Gasteiger partial charge in [0.25, 0.3) is 0 Å². The Balaban J connectivity index is 2.74. The van der Waals surface area contributed by atoms with Crippen LogP contribution in [0.4, 0.5) is 5.69 Å². The maximum atomic E-state index is 11.2. The third-order valence-corrected chi connectivity index (χ3v) is 3.59. The average Bonchev–Trinajstić information content (AvgIpc) is 2.33. The molecule has 102 valence electrons. The fourth-order valence-corrected chi connectivity index (χ4v) is 2.20. The van der Waals surface area contributed by atoms with Crippen LogP contribution in [0.3, 0.4) is 0 Å². The summed E-state index contributed by atoms with van der Waals surface area (Å²) in [4.78, 5) is 6.03. The van der Waals surface area contributed by atoms with Crippen molar-refractivity contribution >= 4 is 15.5 Å². The lowest BCUT2D eigenvalue weighted by Crippen LogP contribution is -2.26. The molecule has 1 rings (SSSR count). The van der Waals surface area contributed by atoms with Crippen molar-refractivity contribution in [3.63, 3.8) is 0 Å². The third kappa shape index (κ3) is 5.01. The largest absolute Gasteiger partial charge is 0.372 e. The Morgan fingerprint density at radius 3 is 2.78 bits per heavy atom. The number of sulfone groups is 1. The van der Waals surface area contributed by atoms with Crippen LogP contribution in [0, 0.1) is 0 Å². The quantitative estimate of drug-likeness (QED) is 0.790. The van der Waals surface area contributed by atoms with E-state index in [9.17, 15) is 8.42 Å². The van der Waals surface area contributed by atoms with Crippen molar-refractivity contribution in [2.45, 2.75) is 13.5 Å². The number of hydrogen-bond acceptors (Lipinski definition) is 5. The van der Waals surface area contributed by atoms with Gasteiger partial charge in [-0.1, -0.05) is 6.92 Å². The van der Waals surface area contributed by atoms with Gasteiger partial charge in [-0.05, 0) is 18.2 Å². The van der Waals surface area contributed by atoms with Gasteiger partial charge >= 0.3 is 0 Å². The van der Waals surface area contributed by atoms with Crippen LogP contribution in [0.1, 0.15) is 12.5 Å². The molecule has 0 fully saturated rings. The second-order valence-corrected chi connectivity index (χ2v) is 6.60. The SMILES string of the molecule is CCNCc1ccncc1N(C)CCS(C)(=O)=O. The predicted molar refractivity (Wildman–Crippen MR) is 74.6 cm³/mol. The van der Waals surface area contributed by atoms with Crippen molar-refractivity contribution < 1.29 is 8.42 Å². The Morgan fingerprint density at radius 2 is 2.17 bits per heavy atom. The van der Waals surface area contributed by atoms with Crippen molar-refractivity contribution in [2.75, 3.05) is 37.0 Å². The molecule has 1 aromatic rings. The van der Waals surface area contributed by atoms with Gasteiger partial charge in [0.05, 0.1) is 17.6 Å². The molecular formula is C12H21N3O2S. The summed E-state index contributed by atoms with van der Waals surface area (Å²) in [7, 11) is -1.05. The third-order valence-electron chi connectivity index (χ3n) is 2.66. The van der Waals surface area contributed by atoms with Crippen LogP contribution in [0.2, 0.25) is 0 Å². The van der Waals surface area contributed by atoms with Gasteiger partial charge in [-0.15, -0.1) is 0 Å². The second-order valence-electron chi connectivity index (χ2n) is 4.34. The molecule has 6 heteroatoms. The molecule has 0 aliphatic carbocycles. The molecule has 0 unspecified atom stereocenters. The van der Waals surface area contributed by atoms with Crippen LogP contribution in [-0.4, -0.2) is 45.5 Å². The number of rotatable bonds is 7. The van der Waals surface area contributed by atoms with E-state index >= 15 is 0 Å². The number of nitrogens with zero attached hydrogens (tertiary/aromatic N) is 2. The molecule has 1 heterocycles. The summed E-state index contributed by atoms with van der Waals surface area (Å²) in [6.07, 6.45) is 4.78. The highest BCUT2D eigenvalue weighted by Gasteiger charge is 2.10. The van der Waals surface area contributed by atoms with Crippen molar-refractivity contribution in [1.82, 2.24) is 10.3 Å². The molecule has 1 aromatic heterocycles. The number of aromatic nitrogens is 1. The molecule has 0 aliphatic rings. The van der Waals surface area contributed by atoms with Gasteiger partial charge in [0, 0.05) is 32.6 Å². The molecule has 5 nitrogen and oxygen atoms in total. The molecule has 0 spiro atoms. The van der Waals surface area contributed by atoms with E-state index in [0.717, 1.165) is 24.3 Å². The highest BCUT2D eigenvalue weighted by molar-refractivity contribution is 7.90. The Labute approximate surface area is 109 Å². The lowest BCUT2D eigenvalue weighted by Gasteiger charge is -2.21. The molecular weight excluding hydrogens is 250 g/mol. The summed E-state index contributed by atoms with van der Waals surface area (Å²) in [6.45, 7) is 4.18. The minimum Gasteiger partial charge on any atom is -0.372 e. The molecule has 0 bridgehead atoms. The molecule has 0 atom stereocenters. The van der Waals surface area contributed by atoms with E-state index in [4.69, 9.17) is 0 Å².